The first kappa shape index (κ1) is 27.3. The van der Waals surface area contributed by atoms with Crippen LogP contribution in [0.1, 0.15) is 47.0 Å². The van der Waals surface area contributed by atoms with Crippen molar-refractivity contribution < 1.29 is 9.18 Å². The average molecular weight is 575 g/mol. The van der Waals surface area contributed by atoms with Gasteiger partial charge in [-0.2, -0.15) is 5.10 Å². The Morgan fingerprint density at radius 1 is 0.884 bits per heavy atom. The number of carbonyl (C=O) groups is 1. The molecule has 0 spiro atoms. The zero-order valence-corrected chi connectivity index (χ0v) is 24.6. The second kappa shape index (κ2) is 11.2. The predicted molar refractivity (Wildman–Crippen MR) is 166 cm³/mol. The molecule has 218 valence electrons. The molecular formula is C35H35FN6O. The summed E-state index contributed by atoms with van der Waals surface area (Å²) in [6.45, 7) is 6.91. The number of anilines is 1. The summed E-state index contributed by atoms with van der Waals surface area (Å²) in [5, 5.41) is 5.73. The summed E-state index contributed by atoms with van der Waals surface area (Å²) in [4.78, 5) is 28.0. The number of aromatic nitrogens is 4. The standard InChI is InChI=1S/C35H35FN6O/c1-23-9-11-25(12-10-23)21-31-37-33(32-24(2)39-42(34(32)38-31)28-15-13-27(36)14-16-28)40-17-6-18-41(20-19-40)35(43)30-22-29(30)26-7-4-3-5-8-26/h3-5,7-16,29-30H,6,17-22H2,1-2H3/t29-,30-/m0/s1. The molecule has 1 aliphatic carbocycles. The molecule has 1 aliphatic heterocycles. The maximum absolute atomic E-state index is 13.8. The normalized spacial score (nSPS) is 18.6. The third-order valence-corrected chi connectivity index (χ3v) is 8.73. The van der Waals surface area contributed by atoms with E-state index in [0.29, 0.717) is 36.9 Å². The number of halogens is 1. The van der Waals surface area contributed by atoms with E-state index in [4.69, 9.17) is 15.1 Å². The van der Waals surface area contributed by atoms with Crippen LogP contribution in [0.15, 0.2) is 78.9 Å². The summed E-state index contributed by atoms with van der Waals surface area (Å²) in [7, 11) is 0. The number of carbonyl (C=O) groups excluding carboxylic acids is 1. The van der Waals surface area contributed by atoms with Crippen LogP contribution in [0.4, 0.5) is 10.2 Å². The van der Waals surface area contributed by atoms with Gasteiger partial charge in [0, 0.05) is 38.5 Å². The highest BCUT2D eigenvalue weighted by atomic mass is 19.1. The quantitative estimate of drug-likeness (QED) is 0.249. The van der Waals surface area contributed by atoms with Crippen LogP contribution in [0.25, 0.3) is 16.7 Å². The Kier molecular flexibility index (Phi) is 7.13. The first-order chi connectivity index (χ1) is 20.9. The van der Waals surface area contributed by atoms with Gasteiger partial charge in [0.25, 0.3) is 0 Å². The minimum absolute atomic E-state index is 0.0806. The van der Waals surface area contributed by atoms with Crippen LogP contribution in [0.2, 0.25) is 0 Å². The van der Waals surface area contributed by atoms with Gasteiger partial charge in [-0.05, 0) is 68.0 Å². The van der Waals surface area contributed by atoms with Crippen LogP contribution in [-0.2, 0) is 11.2 Å². The maximum atomic E-state index is 13.8. The molecule has 5 aromatic rings. The van der Waals surface area contributed by atoms with E-state index in [9.17, 15) is 9.18 Å². The van der Waals surface area contributed by atoms with Crippen LogP contribution >= 0.6 is 0 Å². The molecule has 2 aliphatic rings. The molecule has 2 atom stereocenters. The van der Waals surface area contributed by atoms with Crippen LogP contribution in [-0.4, -0.2) is 56.7 Å². The highest BCUT2D eigenvalue weighted by Crippen LogP contribution is 2.48. The molecule has 3 aromatic carbocycles. The highest BCUT2D eigenvalue weighted by Gasteiger charge is 2.45. The lowest BCUT2D eigenvalue weighted by Gasteiger charge is -2.24. The molecule has 7 rings (SSSR count). The van der Waals surface area contributed by atoms with Crippen LogP contribution in [0.5, 0.6) is 0 Å². The van der Waals surface area contributed by atoms with Crippen LogP contribution in [0, 0.1) is 25.6 Å². The minimum atomic E-state index is -0.294. The number of rotatable bonds is 6. The minimum Gasteiger partial charge on any atom is -0.354 e. The third kappa shape index (κ3) is 5.49. The first-order valence-corrected chi connectivity index (χ1v) is 15.1. The van der Waals surface area contributed by atoms with Crippen LogP contribution < -0.4 is 4.90 Å². The van der Waals surface area contributed by atoms with Crippen molar-refractivity contribution in [3.05, 3.63) is 113 Å². The molecule has 2 fully saturated rings. The van der Waals surface area contributed by atoms with Crippen molar-refractivity contribution in [2.24, 2.45) is 5.92 Å². The Morgan fingerprint density at radius 3 is 2.42 bits per heavy atom. The number of amides is 1. The van der Waals surface area contributed by atoms with Gasteiger partial charge in [0.2, 0.25) is 5.91 Å². The molecule has 0 bridgehead atoms. The van der Waals surface area contributed by atoms with Crippen LogP contribution in [0.3, 0.4) is 0 Å². The summed E-state index contributed by atoms with van der Waals surface area (Å²) in [6.07, 6.45) is 2.37. The van der Waals surface area contributed by atoms with Crippen molar-refractivity contribution in [2.75, 3.05) is 31.1 Å². The van der Waals surface area contributed by atoms with Gasteiger partial charge in [0.1, 0.15) is 17.5 Å². The Balaban J connectivity index is 1.20. The third-order valence-electron chi connectivity index (χ3n) is 8.73. The fourth-order valence-corrected chi connectivity index (χ4v) is 6.28. The topological polar surface area (TPSA) is 67.2 Å². The van der Waals surface area contributed by atoms with Gasteiger partial charge in [-0.25, -0.2) is 19.0 Å². The van der Waals surface area contributed by atoms with Gasteiger partial charge in [0.15, 0.2) is 5.65 Å². The van der Waals surface area contributed by atoms with E-state index >= 15 is 0 Å². The summed E-state index contributed by atoms with van der Waals surface area (Å²) in [6, 6.07) is 25.1. The molecule has 2 aromatic heterocycles. The Hall–Kier alpha value is -4.59. The Morgan fingerprint density at radius 2 is 1.65 bits per heavy atom. The van der Waals surface area contributed by atoms with Crippen molar-refractivity contribution in [3.8, 4) is 5.69 Å². The average Bonchev–Trinajstić information content (AvgIpc) is 3.80. The van der Waals surface area contributed by atoms with Crippen molar-refractivity contribution in [1.29, 1.82) is 0 Å². The SMILES string of the molecule is Cc1ccc(Cc2nc(N3CCCN(C(=O)[C@H]4C[C@H]4c4ccccc4)CC3)c3c(C)nn(-c4ccc(F)cc4)c3n2)cc1. The summed E-state index contributed by atoms with van der Waals surface area (Å²) >= 11 is 0. The molecule has 0 radical (unpaired) electrons. The largest absolute Gasteiger partial charge is 0.354 e. The van der Waals surface area contributed by atoms with Gasteiger partial charge < -0.3 is 9.80 Å². The van der Waals surface area contributed by atoms with E-state index in [0.717, 1.165) is 54.1 Å². The van der Waals surface area contributed by atoms with Gasteiger partial charge in [0.05, 0.1) is 16.8 Å². The summed E-state index contributed by atoms with van der Waals surface area (Å²) < 4.78 is 15.6. The van der Waals surface area contributed by atoms with Gasteiger partial charge in [-0.15, -0.1) is 0 Å². The van der Waals surface area contributed by atoms with Crippen molar-refractivity contribution in [2.45, 2.75) is 39.0 Å². The first-order valence-electron chi connectivity index (χ1n) is 15.1. The molecule has 1 saturated heterocycles. The van der Waals surface area contributed by atoms with Crippen molar-refractivity contribution >= 4 is 22.8 Å². The molecule has 3 heterocycles. The number of fused-ring (bicyclic) bond motifs is 1. The Labute approximate surface area is 251 Å². The molecule has 0 N–H and O–H groups in total. The van der Waals surface area contributed by atoms with E-state index in [2.05, 4.69) is 60.4 Å². The monoisotopic (exact) mass is 574 g/mol. The lowest BCUT2D eigenvalue weighted by atomic mass is 10.1. The second-order valence-electron chi connectivity index (χ2n) is 11.8. The second-order valence-corrected chi connectivity index (χ2v) is 11.8. The number of hydrogen-bond donors (Lipinski definition) is 0. The highest BCUT2D eigenvalue weighted by molar-refractivity contribution is 5.91. The maximum Gasteiger partial charge on any atom is 0.226 e. The van der Waals surface area contributed by atoms with Gasteiger partial charge >= 0.3 is 0 Å². The lowest BCUT2D eigenvalue weighted by molar-refractivity contribution is -0.132. The molecule has 1 saturated carbocycles. The summed E-state index contributed by atoms with van der Waals surface area (Å²) in [5.41, 5.74) is 5.86. The van der Waals surface area contributed by atoms with E-state index in [1.807, 2.05) is 17.9 Å². The van der Waals surface area contributed by atoms with Gasteiger partial charge in [-0.1, -0.05) is 60.2 Å². The zero-order valence-electron chi connectivity index (χ0n) is 24.6. The molecular weight excluding hydrogens is 539 g/mol. The molecule has 7 nitrogen and oxygen atoms in total. The smallest absolute Gasteiger partial charge is 0.226 e. The number of aryl methyl sites for hydroxylation is 2. The van der Waals surface area contributed by atoms with Crippen molar-refractivity contribution in [1.82, 2.24) is 24.6 Å². The number of nitrogens with zero attached hydrogens (tertiary/aromatic N) is 6. The zero-order chi connectivity index (χ0) is 29.5. The van der Waals surface area contributed by atoms with Crippen molar-refractivity contribution in [3.63, 3.8) is 0 Å². The molecule has 1 amide bonds. The van der Waals surface area contributed by atoms with E-state index < -0.39 is 0 Å². The fraction of sp³-hybridized carbons (Fsp3) is 0.314. The van der Waals surface area contributed by atoms with Gasteiger partial charge in [-0.3, -0.25) is 4.79 Å². The van der Waals surface area contributed by atoms with E-state index in [1.165, 1.54) is 23.3 Å². The predicted octanol–water partition coefficient (Wildman–Crippen LogP) is 6.00. The van der Waals surface area contributed by atoms with E-state index in [-0.39, 0.29) is 17.6 Å². The fourth-order valence-electron chi connectivity index (χ4n) is 6.28. The lowest BCUT2D eigenvalue weighted by Crippen LogP contribution is -2.36. The summed E-state index contributed by atoms with van der Waals surface area (Å²) in [5.74, 6) is 1.94. The molecule has 0 unspecified atom stereocenters. The number of benzene rings is 3. The molecule has 8 heteroatoms. The molecule has 43 heavy (non-hydrogen) atoms. The van der Waals surface area contributed by atoms with E-state index in [1.54, 1.807) is 16.8 Å². The Bertz CT molecular complexity index is 1770. The number of hydrogen-bond acceptors (Lipinski definition) is 5.